The standard InChI is InChI=1S/C18H29N5O/c1-13-10-16(22-18(19)20-13)17(24)21-15-8-5-9-23(12-15)11-14-6-3-2-4-7-14/h10,14-15H,2-9,11-12H2,1H3,(H,21,24)(H2,19,20,22). The molecule has 1 aliphatic heterocycles. The van der Waals surface area contributed by atoms with Gasteiger partial charge in [0.05, 0.1) is 0 Å². The molecule has 2 heterocycles. The Balaban J connectivity index is 1.53. The number of hydrogen-bond acceptors (Lipinski definition) is 5. The number of aromatic nitrogens is 2. The van der Waals surface area contributed by atoms with E-state index in [0.717, 1.165) is 37.5 Å². The first-order valence-corrected chi connectivity index (χ1v) is 9.24. The lowest BCUT2D eigenvalue weighted by Crippen LogP contribution is -2.49. The molecular formula is C18H29N5O. The highest BCUT2D eigenvalue weighted by atomic mass is 16.2. The number of carbonyl (C=O) groups is 1. The van der Waals surface area contributed by atoms with Crippen molar-refractivity contribution in [1.29, 1.82) is 0 Å². The molecule has 1 saturated carbocycles. The molecule has 1 aliphatic carbocycles. The van der Waals surface area contributed by atoms with Crippen molar-refractivity contribution >= 4 is 11.9 Å². The minimum Gasteiger partial charge on any atom is -0.368 e. The predicted molar refractivity (Wildman–Crippen MR) is 94.7 cm³/mol. The number of hydrogen-bond donors (Lipinski definition) is 2. The molecule has 1 amide bonds. The zero-order valence-corrected chi connectivity index (χ0v) is 14.6. The van der Waals surface area contributed by atoms with Gasteiger partial charge in [-0.3, -0.25) is 4.79 Å². The number of piperidine rings is 1. The number of amides is 1. The summed E-state index contributed by atoms with van der Waals surface area (Å²) in [6, 6.07) is 1.89. The topological polar surface area (TPSA) is 84.1 Å². The van der Waals surface area contributed by atoms with Crippen LogP contribution in [0.15, 0.2) is 6.07 Å². The van der Waals surface area contributed by atoms with Gasteiger partial charge in [0.2, 0.25) is 5.95 Å². The summed E-state index contributed by atoms with van der Waals surface area (Å²) in [7, 11) is 0. The lowest BCUT2D eigenvalue weighted by molar-refractivity contribution is 0.0885. The van der Waals surface area contributed by atoms with E-state index in [-0.39, 0.29) is 17.9 Å². The fraction of sp³-hybridized carbons (Fsp3) is 0.722. The molecule has 6 heteroatoms. The second kappa shape index (κ2) is 7.92. The molecule has 0 aromatic carbocycles. The number of nitrogens with zero attached hydrogens (tertiary/aromatic N) is 3. The first-order valence-electron chi connectivity index (χ1n) is 9.24. The van der Waals surface area contributed by atoms with E-state index in [9.17, 15) is 4.79 Å². The van der Waals surface area contributed by atoms with Crippen LogP contribution in [-0.4, -0.2) is 46.5 Å². The average Bonchev–Trinajstić information content (AvgIpc) is 2.55. The molecule has 132 valence electrons. The summed E-state index contributed by atoms with van der Waals surface area (Å²) in [4.78, 5) is 23.0. The zero-order valence-electron chi connectivity index (χ0n) is 14.6. The van der Waals surface area contributed by atoms with Crippen molar-refractivity contribution in [2.75, 3.05) is 25.4 Å². The maximum absolute atomic E-state index is 12.4. The average molecular weight is 331 g/mol. The molecule has 1 atom stereocenters. The van der Waals surface area contributed by atoms with Gasteiger partial charge in [0, 0.05) is 24.8 Å². The highest BCUT2D eigenvalue weighted by Crippen LogP contribution is 2.25. The Labute approximate surface area is 144 Å². The number of rotatable bonds is 4. The molecule has 1 aromatic rings. The molecule has 3 N–H and O–H groups in total. The minimum absolute atomic E-state index is 0.142. The number of aryl methyl sites for hydroxylation is 1. The van der Waals surface area contributed by atoms with Crippen LogP contribution in [0.25, 0.3) is 0 Å². The molecule has 24 heavy (non-hydrogen) atoms. The molecular weight excluding hydrogens is 302 g/mol. The summed E-state index contributed by atoms with van der Waals surface area (Å²) in [6.07, 6.45) is 9.08. The summed E-state index contributed by atoms with van der Waals surface area (Å²) >= 11 is 0. The quantitative estimate of drug-likeness (QED) is 0.883. The molecule has 1 unspecified atom stereocenters. The van der Waals surface area contributed by atoms with Gasteiger partial charge >= 0.3 is 0 Å². The Morgan fingerprint density at radius 3 is 2.79 bits per heavy atom. The molecule has 0 bridgehead atoms. The second-order valence-electron chi connectivity index (χ2n) is 7.33. The van der Waals surface area contributed by atoms with Gasteiger partial charge in [-0.1, -0.05) is 19.3 Å². The predicted octanol–water partition coefficient (Wildman–Crippen LogP) is 2.14. The monoisotopic (exact) mass is 331 g/mol. The zero-order chi connectivity index (χ0) is 16.9. The Kier molecular flexibility index (Phi) is 5.66. The number of nitrogen functional groups attached to an aromatic ring is 1. The van der Waals surface area contributed by atoms with E-state index in [4.69, 9.17) is 5.73 Å². The van der Waals surface area contributed by atoms with Crippen LogP contribution in [-0.2, 0) is 0 Å². The van der Waals surface area contributed by atoms with Crippen molar-refractivity contribution < 1.29 is 4.79 Å². The summed E-state index contributed by atoms with van der Waals surface area (Å²) in [5, 5.41) is 3.13. The van der Waals surface area contributed by atoms with Crippen LogP contribution in [0.3, 0.4) is 0 Å². The molecule has 1 aromatic heterocycles. The Morgan fingerprint density at radius 1 is 1.25 bits per heavy atom. The van der Waals surface area contributed by atoms with Crippen molar-refractivity contribution in [1.82, 2.24) is 20.2 Å². The third-order valence-corrected chi connectivity index (χ3v) is 5.19. The van der Waals surface area contributed by atoms with Gasteiger partial charge in [0.25, 0.3) is 5.91 Å². The normalized spacial score (nSPS) is 23.1. The molecule has 2 fully saturated rings. The fourth-order valence-electron chi connectivity index (χ4n) is 4.04. The highest BCUT2D eigenvalue weighted by Gasteiger charge is 2.25. The molecule has 0 spiro atoms. The van der Waals surface area contributed by atoms with E-state index in [1.54, 1.807) is 6.07 Å². The molecule has 2 aliphatic rings. The van der Waals surface area contributed by atoms with Crippen molar-refractivity contribution in [2.45, 2.75) is 57.9 Å². The van der Waals surface area contributed by atoms with E-state index < -0.39 is 0 Å². The van der Waals surface area contributed by atoms with Crippen LogP contribution in [0.5, 0.6) is 0 Å². The highest BCUT2D eigenvalue weighted by molar-refractivity contribution is 5.92. The lowest BCUT2D eigenvalue weighted by atomic mass is 9.88. The Morgan fingerprint density at radius 2 is 2.04 bits per heavy atom. The maximum atomic E-state index is 12.4. The van der Waals surface area contributed by atoms with Gasteiger partial charge in [-0.25, -0.2) is 9.97 Å². The number of likely N-dealkylation sites (tertiary alicyclic amines) is 1. The third kappa shape index (κ3) is 4.66. The van der Waals surface area contributed by atoms with Crippen molar-refractivity contribution in [3.05, 3.63) is 17.5 Å². The smallest absolute Gasteiger partial charge is 0.270 e. The van der Waals surface area contributed by atoms with E-state index in [2.05, 4.69) is 20.2 Å². The second-order valence-corrected chi connectivity index (χ2v) is 7.33. The molecule has 6 nitrogen and oxygen atoms in total. The third-order valence-electron chi connectivity index (χ3n) is 5.19. The number of anilines is 1. The SMILES string of the molecule is Cc1cc(C(=O)NC2CCCN(CC3CCCCC3)C2)nc(N)n1. The Hall–Kier alpha value is -1.69. The summed E-state index contributed by atoms with van der Waals surface area (Å²) in [6.45, 7) is 5.11. The van der Waals surface area contributed by atoms with Crippen LogP contribution in [0.1, 0.15) is 61.1 Å². The first-order chi connectivity index (χ1) is 11.6. The lowest BCUT2D eigenvalue weighted by Gasteiger charge is -2.36. The maximum Gasteiger partial charge on any atom is 0.270 e. The molecule has 0 radical (unpaired) electrons. The fourth-order valence-corrected chi connectivity index (χ4v) is 4.04. The van der Waals surface area contributed by atoms with Crippen LogP contribution in [0.2, 0.25) is 0 Å². The number of nitrogens with one attached hydrogen (secondary N) is 1. The van der Waals surface area contributed by atoms with Gasteiger partial charge < -0.3 is 16.0 Å². The number of nitrogens with two attached hydrogens (primary N) is 1. The summed E-state index contributed by atoms with van der Waals surface area (Å²) in [5.74, 6) is 0.858. The largest absolute Gasteiger partial charge is 0.368 e. The van der Waals surface area contributed by atoms with Gasteiger partial charge in [0.15, 0.2) is 0 Å². The molecule has 1 saturated heterocycles. The first kappa shape index (κ1) is 17.1. The van der Waals surface area contributed by atoms with E-state index in [1.165, 1.54) is 38.6 Å². The van der Waals surface area contributed by atoms with E-state index in [1.807, 2.05) is 6.92 Å². The van der Waals surface area contributed by atoms with Gasteiger partial charge in [0.1, 0.15) is 5.69 Å². The number of carbonyl (C=O) groups excluding carboxylic acids is 1. The van der Waals surface area contributed by atoms with Gasteiger partial charge in [-0.2, -0.15) is 0 Å². The summed E-state index contributed by atoms with van der Waals surface area (Å²) in [5.41, 5.74) is 6.73. The molecule has 3 rings (SSSR count). The van der Waals surface area contributed by atoms with Crippen LogP contribution >= 0.6 is 0 Å². The van der Waals surface area contributed by atoms with Gasteiger partial charge in [-0.15, -0.1) is 0 Å². The van der Waals surface area contributed by atoms with Crippen molar-refractivity contribution in [2.24, 2.45) is 5.92 Å². The Bertz CT molecular complexity index is 550. The van der Waals surface area contributed by atoms with Crippen LogP contribution in [0.4, 0.5) is 5.95 Å². The van der Waals surface area contributed by atoms with E-state index in [0.29, 0.717) is 5.69 Å². The van der Waals surface area contributed by atoms with Gasteiger partial charge in [-0.05, 0) is 51.1 Å². The summed E-state index contributed by atoms with van der Waals surface area (Å²) < 4.78 is 0. The van der Waals surface area contributed by atoms with Crippen molar-refractivity contribution in [3.63, 3.8) is 0 Å². The minimum atomic E-state index is -0.142. The van der Waals surface area contributed by atoms with Crippen LogP contribution in [0, 0.1) is 12.8 Å². The van der Waals surface area contributed by atoms with Crippen molar-refractivity contribution in [3.8, 4) is 0 Å². The van der Waals surface area contributed by atoms with Crippen LogP contribution < -0.4 is 11.1 Å². The van der Waals surface area contributed by atoms with E-state index >= 15 is 0 Å².